The first-order valence-electron chi connectivity index (χ1n) is 13.3. The van der Waals surface area contributed by atoms with Crippen LogP contribution in [0.1, 0.15) is 104 Å². The summed E-state index contributed by atoms with van der Waals surface area (Å²) in [6.07, 6.45) is 9.66. The lowest BCUT2D eigenvalue weighted by Gasteiger charge is -2.42. The van der Waals surface area contributed by atoms with Gasteiger partial charge in [0.05, 0.1) is 5.56 Å². The van der Waals surface area contributed by atoms with Crippen LogP contribution in [0, 0.1) is 0 Å². The van der Waals surface area contributed by atoms with Crippen molar-refractivity contribution >= 4 is 12.0 Å². The number of carboxylic acids is 1. The summed E-state index contributed by atoms with van der Waals surface area (Å²) in [5, 5.41) is 9.49. The maximum absolute atomic E-state index is 11.6. The zero-order valence-electron chi connectivity index (χ0n) is 22.5. The minimum absolute atomic E-state index is 0.178. The highest BCUT2D eigenvalue weighted by Gasteiger charge is 2.37. The summed E-state index contributed by atoms with van der Waals surface area (Å²) in [4.78, 5) is 11.6. The molecular formula is C34H40O2. The molecule has 0 aromatic heterocycles. The van der Waals surface area contributed by atoms with Crippen LogP contribution in [0.3, 0.4) is 0 Å². The van der Waals surface area contributed by atoms with E-state index in [1.54, 1.807) is 6.07 Å². The van der Waals surface area contributed by atoms with E-state index in [1.165, 1.54) is 35.1 Å². The highest BCUT2D eigenvalue weighted by atomic mass is 16.4. The summed E-state index contributed by atoms with van der Waals surface area (Å²) in [6, 6.07) is 23.6. The number of carbonyl (C=O) groups is 1. The summed E-state index contributed by atoms with van der Waals surface area (Å²) in [7, 11) is 0. The molecule has 1 N–H and O–H groups in total. The van der Waals surface area contributed by atoms with E-state index < -0.39 is 5.97 Å². The Morgan fingerprint density at radius 1 is 0.917 bits per heavy atom. The molecule has 188 valence electrons. The van der Waals surface area contributed by atoms with E-state index in [2.05, 4.69) is 88.4 Å². The minimum Gasteiger partial charge on any atom is -0.478 e. The first kappa shape index (κ1) is 25.9. The second-order valence-electron chi connectivity index (χ2n) is 11.6. The lowest BCUT2D eigenvalue weighted by Crippen LogP contribution is -2.34. The Kier molecular flexibility index (Phi) is 7.54. The highest BCUT2D eigenvalue weighted by molar-refractivity contribution is 5.89. The second-order valence-corrected chi connectivity index (χ2v) is 11.6. The molecular weight excluding hydrogens is 440 g/mol. The highest BCUT2D eigenvalue weighted by Crippen LogP contribution is 2.46. The molecule has 2 heteroatoms. The van der Waals surface area contributed by atoms with E-state index in [9.17, 15) is 9.90 Å². The van der Waals surface area contributed by atoms with Gasteiger partial charge in [-0.25, -0.2) is 4.79 Å². The van der Waals surface area contributed by atoms with Crippen LogP contribution >= 0.6 is 0 Å². The van der Waals surface area contributed by atoms with Crippen molar-refractivity contribution in [2.45, 2.75) is 83.5 Å². The molecule has 1 unspecified atom stereocenters. The Morgan fingerprint density at radius 2 is 1.61 bits per heavy atom. The van der Waals surface area contributed by atoms with Gasteiger partial charge in [-0.15, -0.1) is 0 Å². The fourth-order valence-electron chi connectivity index (χ4n) is 5.62. The fraction of sp³-hybridized carbons (Fsp3) is 0.382. The first-order chi connectivity index (χ1) is 17.1. The zero-order valence-corrected chi connectivity index (χ0v) is 22.5. The number of aromatic carboxylic acids is 1. The molecule has 3 aromatic rings. The van der Waals surface area contributed by atoms with Crippen LogP contribution in [0.5, 0.6) is 0 Å². The van der Waals surface area contributed by atoms with Crippen LogP contribution in [0.25, 0.3) is 6.08 Å². The number of fused-ring (bicyclic) bond motifs is 1. The molecule has 0 amide bonds. The Labute approximate surface area is 217 Å². The van der Waals surface area contributed by atoms with Crippen LogP contribution < -0.4 is 0 Å². The van der Waals surface area contributed by atoms with Crippen molar-refractivity contribution in [2.75, 3.05) is 0 Å². The van der Waals surface area contributed by atoms with Gasteiger partial charge in [-0.2, -0.15) is 0 Å². The van der Waals surface area contributed by atoms with Crippen LogP contribution in [0.2, 0.25) is 0 Å². The van der Waals surface area contributed by atoms with E-state index in [0.29, 0.717) is 12.0 Å². The smallest absolute Gasteiger partial charge is 0.335 e. The van der Waals surface area contributed by atoms with Crippen molar-refractivity contribution in [3.8, 4) is 0 Å². The van der Waals surface area contributed by atoms with Crippen molar-refractivity contribution in [3.63, 3.8) is 0 Å². The Bertz CT molecular complexity index is 1250. The summed E-state index contributed by atoms with van der Waals surface area (Å²) in [5.41, 5.74) is 8.43. The maximum atomic E-state index is 11.6. The third kappa shape index (κ3) is 5.64. The third-order valence-corrected chi connectivity index (χ3v) is 8.15. The maximum Gasteiger partial charge on any atom is 0.335 e. The zero-order chi connectivity index (χ0) is 25.9. The summed E-state index contributed by atoms with van der Waals surface area (Å²) >= 11 is 0. The van der Waals surface area contributed by atoms with Crippen molar-refractivity contribution in [3.05, 3.63) is 112 Å². The van der Waals surface area contributed by atoms with Crippen molar-refractivity contribution in [2.24, 2.45) is 0 Å². The van der Waals surface area contributed by atoms with Crippen LogP contribution in [-0.4, -0.2) is 11.1 Å². The predicted molar refractivity (Wildman–Crippen MR) is 151 cm³/mol. The van der Waals surface area contributed by atoms with Gasteiger partial charge < -0.3 is 5.11 Å². The molecule has 0 heterocycles. The number of rotatable bonds is 8. The minimum atomic E-state index is -0.859. The molecule has 0 spiro atoms. The van der Waals surface area contributed by atoms with E-state index in [4.69, 9.17) is 0 Å². The predicted octanol–water partition coefficient (Wildman–Crippen LogP) is 8.73. The third-order valence-electron chi connectivity index (χ3n) is 8.15. The first-order valence-corrected chi connectivity index (χ1v) is 13.3. The molecule has 0 bridgehead atoms. The number of hydrogen-bond donors (Lipinski definition) is 1. The lowest BCUT2D eigenvalue weighted by atomic mass is 9.62. The summed E-state index contributed by atoms with van der Waals surface area (Å²) in [5.74, 6) is -0.580. The van der Waals surface area contributed by atoms with Gasteiger partial charge in [0.2, 0.25) is 0 Å². The molecule has 1 aliphatic carbocycles. The topological polar surface area (TPSA) is 37.3 Å². The molecule has 0 aliphatic heterocycles. The SMILES string of the molecule is CCc1cc(/C=C/C(CCc2ccccc2)c2ccc3c(c2)C(C)(C)CCC3(C)C)ccc1C(=O)O. The average molecular weight is 481 g/mol. The number of hydrogen-bond acceptors (Lipinski definition) is 1. The summed E-state index contributed by atoms with van der Waals surface area (Å²) in [6.45, 7) is 11.5. The van der Waals surface area contributed by atoms with Gasteiger partial charge in [0.15, 0.2) is 0 Å². The molecule has 1 atom stereocenters. The molecule has 0 saturated carbocycles. The van der Waals surface area contributed by atoms with Crippen molar-refractivity contribution < 1.29 is 9.90 Å². The van der Waals surface area contributed by atoms with E-state index in [1.807, 2.05) is 19.1 Å². The summed E-state index contributed by atoms with van der Waals surface area (Å²) < 4.78 is 0. The number of carboxylic acid groups (broad SMARTS) is 1. The van der Waals surface area contributed by atoms with Crippen molar-refractivity contribution in [1.29, 1.82) is 0 Å². The van der Waals surface area contributed by atoms with Crippen LogP contribution in [0.4, 0.5) is 0 Å². The molecule has 0 radical (unpaired) electrons. The second kappa shape index (κ2) is 10.5. The normalized spacial score (nSPS) is 17.0. The largest absolute Gasteiger partial charge is 0.478 e. The standard InChI is InChI=1S/C34H40O2/c1-6-26-22-25(14-18-29(26)32(35)36)13-16-27(15-12-24-10-8-7-9-11-24)28-17-19-30-31(23-28)34(4,5)21-20-33(30,2)3/h7-11,13-14,16-19,22-23,27H,6,12,15,20-21H2,1-5H3,(H,35,36)/b16-13+. The van der Waals surface area contributed by atoms with Crippen LogP contribution in [0.15, 0.2) is 72.8 Å². The number of benzene rings is 3. The molecule has 0 fully saturated rings. The van der Waals surface area contributed by atoms with Gasteiger partial charge in [0, 0.05) is 5.92 Å². The molecule has 1 aliphatic rings. The van der Waals surface area contributed by atoms with Gasteiger partial charge in [-0.1, -0.05) is 107 Å². The average Bonchev–Trinajstić information content (AvgIpc) is 2.87. The van der Waals surface area contributed by atoms with Gasteiger partial charge in [-0.05, 0) is 82.4 Å². The van der Waals surface area contributed by atoms with Crippen molar-refractivity contribution in [1.82, 2.24) is 0 Å². The molecule has 36 heavy (non-hydrogen) atoms. The van der Waals surface area contributed by atoms with Gasteiger partial charge in [-0.3, -0.25) is 0 Å². The van der Waals surface area contributed by atoms with Crippen LogP contribution in [-0.2, 0) is 23.7 Å². The van der Waals surface area contributed by atoms with E-state index in [0.717, 1.165) is 24.0 Å². The quantitative estimate of drug-likeness (QED) is 0.350. The van der Waals surface area contributed by atoms with Gasteiger partial charge >= 0.3 is 5.97 Å². The molecule has 0 saturated heterocycles. The molecule has 2 nitrogen and oxygen atoms in total. The van der Waals surface area contributed by atoms with E-state index >= 15 is 0 Å². The molecule has 3 aromatic carbocycles. The Morgan fingerprint density at radius 3 is 2.28 bits per heavy atom. The lowest BCUT2D eigenvalue weighted by molar-refractivity contribution is 0.0695. The Hall–Kier alpha value is -3.13. The Balaban J connectivity index is 1.70. The van der Waals surface area contributed by atoms with Gasteiger partial charge in [0.1, 0.15) is 0 Å². The van der Waals surface area contributed by atoms with E-state index in [-0.39, 0.29) is 16.7 Å². The van der Waals surface area contributed by atoms with Gasteiger partial charge in [0.25, 0.3) is 0 Å². The molecule has 4 rings (SSSR count). The number of aryl methyl sites for hydroxylation is 2. The number of allylic oxidation sites excluding steroid dienone is 1. The monoisotopic (exact) mass is 480 g/mol. The fourth-order valence-corrected chi connectivity index (χ4v) is 5.62.